The van der Waals surface area contributed by atoms with E-state index in [1.165, 1.54) is 6.07 Å². The summed E-state index contributed by atoms with van der Waals surface area (Å²) in [5.74, 6) is 0.534. The van der Waals surface area contributed by atoms with Crippen LogP contribution < -0.4 is 16.1 Å². The Hall–Kier alpha value is -1.55. The lowest BCUT2D eigenvalue weighted by molar-refractivity contribution is 0.386. The molecule has 0 aliphatic heterocycles. The molecule has 1 aromatic rings. The van der Waals surface area contributed by atoms with Gasteiger partial charge >= 0.3 is 0 Å². The highest BCUT2D eigenvalue weighted by Crippen LogP contribution is 1.94. The SMILES string of the molecule is C=c1oc(C)cc(=O)/c1=C(/O)CCN(C)C. The van der Waals surface area contributed by atoms with Crippen LogP contribution in [0.15, 0.2) is 15.3 Å². The summed E-state index contributed by atoms with van der Waals surface area (Å²) in [5, 5.41) is 10.00. The van der Waals surface area contributed by atoms with E-state index in [-0.39, 0.29) is 21.8 Å². The van der Waals surface area contributed by atoms with Crippen molar-refractivity contribution in [3.8, 4) is 0 Å². The molecular weight excluding hydrogens is 206 g/mol. The Morgan fingerprint density at radius 1 is 1.56 bits per heavy atom. The maximum atomic E-state index is 11.7. The van der Waals surface area contributed by atoms with Gasteiger partial charge in [0.2, 0.25) is 0 Å². The first-order valence-corrected chi connectivity index (χ1v) is 5.08. The van der Waals surface area contributed by atoms with Gasteiger partial charge in [0.25, 0.3) is 0 Å². The third-order valence-corrected chi connectivity index (χ3v) is 2.23. The predicted molar refractivity (Wildman–Crippen MR) is 63.7 cm³/mol. The van der Waals surface area contributed by atoms with Crippen LogP contribution in [0.25, 0.3) is 12.3 Å². The van der Waals surface area contributed by atoms with Crippen LogP contribution in [-0.4, -0.2) is 30.6 Å². The number of hydrogen-bond acceptors (Lipinski definition) is 4. The molecule has 0 aliphatic rings. The molecule has 0 amide bonds. The van der Waals surface area contributed by atoms with Crippen LogP contribution >= 0.6 is 0 Å². The molecule has 1 heterocycles. The number of aliphatic hydroxyl groups is 1. The summed E-state index contributed by atoms with van der Waals surface area (Å²) in [7, 11) is 3.80. The molecule has 0 atom stereocenters. The number of aliphatic hydroxyl groups excluding tert-OH is 1. The second kappa shape index (κ2) is 4.99. The fraction of sp³-hybridized carbons (Fsp3) is 0.417. The zero-order valence-electron chi connectivity index (χ0n) is 9.91. The minimum absolute atomic E-state index is 0.0347. The summed E-state index contributed by atoms with van der Waals surface area (Å²) in [5.41, 5.74) is -0.0220. The van der Waals surface area contributed by atoms with Crippen LogP contribution in [0, 0.1) is 6.92 Å². The third kappa shape index (κ3) is 2.97. The van der Waals surface area contributed by atoms with Crippen LogP contribution in [0.3, 0.4) is 0 Å². The van der Waals surface area contributed by atoms with Crippen LogP contribution in [-0.2, 0) is 0 Å². The van der Waals surface area contributed by atoms with Crippen molar-refractivity contribution in [3.05, 3.63) is 32.7 Å². The van der Waals surface area contributed by atoms with E-state index in [0.717, 1.165) is 0 Å². The van der Waals surface area contributed by atoms with Gasteiger partial charge in [0.05, 0.1) is 0 Å². The number of aryl methyl sites for hydroxylation is 1. The summed E-state index contributed by atoms with van der Waals surface area (Å²) in [4.78, 5) is 13.6. The summed E-state index contributed by atoms with van der Waals surface area (Å²) in [6, 6.07) is 1.36. The molecule has 4 heteroatoms. The van der Waals surface area contributed by atoms with Crippen molar-refractivity contribution in [1.29, 1.82) is 0 Å². The fourth-order valence-electron chi connectivity index (χ4n) is 1.43. The van der Waals surface area contributed by atoms with E-state index in [1.54, 1.807) is 6.92 Å². The van der Waals surface area contributed by atoms with E-state index in [9.17, 15) is 9.90 Å². The van der Waals surface area contributed by atoms with E-state index < -0.39 is 0 Å². The van der Waals surface area contributed by atoms with Crippen molar-refractivity contribution in [2.45, 2.75) is 13.3 Å². The van der Waals surface area contributed by atoms with Gasteiger partial charge in [-0.05, 0) is 21.0 Å². The lowest BCUT2D eigenvalue weighted by atomic mass is 10.2. The van der Waals surface area contributed by atoms with Crippen molar-refractivity contribution >= 4 is 12.3 Å². The van der Waals surface area contributed by atoms with E-state index in [2.05, 4.69) is 6.58 Å². The highest BCUT2D eigenvalue weighted by Gasteiger charge is 2.03. The van der Waals surface area contributed by atoms with Gasteiger partial charge in [0.1, 0.15) is 22.2 Å². The minimum Gasteiger partial charge on any atom is -0.511 e. The van der Waals surface area contributed by atoms with Gasteiger partial charge in [0, 0.05) is 19.0 Å². The molecule has 1 N–H and O–H groups in total. The Morgan fingerprint density at radius 2 is 2.19 bits per heavy atom. The Kier molecular flexibility index (Phi) is 3.90. The average molecular weight is 223 g/mol. The van der Waals surface area contributed by atoms with Crippen molar-refractivity contribution in [2.75, 3.05) is 20.6 Å². The molecule has 88 valence electrons. The minimum atomic E-state index is -0.245. The Balaban J connectivity index is 3.26. The molecule has 0 radical (unpaired) electrons. The zero-order chi connectivity index (χ0) is 12.3. The molecule has 1 rings (SSSR count). The first-order valence-electron chi connectivity index (χ1n) is 5.08. The lowest BCUT2D eigenvalue weighted by Gasteiger charge is -2.08. The third-order valence-electron chi connectivity index (χ3n) is 2.23. The molecule has 0 fully saturated rings. The monoisotopic (exact) mass is 223 g/mol. The second-order valence-electron chi connectivity index (χ2n) is 4.02. The van der Waals surface area contributed by atoms with Crippen molar-refractivity contribution < 1.29 is 9.52 Å². The summed E-state index contributed by atoms with van der Waals surface area (Å²) in [6.45, 7) is 5.97. The molecule has 0 saturated carbocycles. The largest absolute Gasteiger partial charge is 0.511 e. The Bertz CT molecular complexity index is 494. The lowest BCUT2D eigenvalue weighted by Crippen LogP contribution is -2.40. The number of nitrogens with zero attached hydrogens (tertiary/aromatic N) is 1. The molecule has 0 unspecified atom stereocenters. The molecule has 0 aliphatic carbocycles. The quantitative estimate of drug-likeness (QED) is 0.782. The smallest absolute Gasteiger partial charge is 0.196 e. The fourth-order valence-corrected chi connectivity index (χ4v) is 1.43. The van der Waals surface area contributed by atoms with Gasteiger partial charge in [0.15, 0.2) is 5.43 Å². The predicted octanol–water partition coefficient (Wildman–Crippen LogP) is -0.0236. The van der Waals surface area contributed by atoms with E-state index in [0.29, 0.717) is 18.7 Å². The first kappa shape index (κ1) is 12.5. The van der Waals surface area contributed by atoms with Gasteiger partial charge < -0.3 is 14.4 Å². The molecule has 4 nitrogen and oxygen atoms in total. The molecule has 1 aromatic heterocycles. The highest BCUT2D eigenvalue weighted by atomic mass is 16.3. The van der Waals surface area contributed by atoms with Crippen LogP contribution in [0.5, 0.6) is 0 Å². The molecule has 0 bridgehead atoms. The number of rotatable bonds is 3. The van der Waals surface area contributed by atoms with Gasteiger partial charge in [-0.3, -0.25) is 4.79 Å². The topological polar surface area (TPSA) is 53.7 Å². The number of hydrogen-bond donors (Lipinski definition) is 1. The van der Waals surface area contributed by atoms with E-state index >= 15 is 0 Å². The van der Waals surface area contributed by atoms with Crippen LogP contribution in [0.2, 0.25) is 0 Å². The van der Waals surface area contributed by atoms with E-state index in [4.69, 9.17) is 4.42 Å². The Labute approximate surface area is 94.1 Å². The highest BCUT2D eigenvalue weighted by molar-refractivity contribution is 5.34. The maximum Gasteiger partial charge on any atom is 0.196 e. The van der Waals surface area contributed by atoms with Gasteiger partial charge in [-0.25, -0.2) is 0 Å². The van der Waals surface area contributed by atoms with Gasteiger partial charge in [-0.15, -0.1) is 0 Å². The zero-order valence-corrected chi connectivity index (χ0v) is 9.91. The van der Waals surface area contributed by atoms with Crippen LogP contribution in [0.4, 0.5) is 0 Å². The maximum absolute atomic E-state index is 11.7. The molecular formula is C12H17NO3. The van der Waals surface area contributed by atoms with Gasteiger partial charge in [-0.1, -0.05) is 6.58 Å². The summed E-state index contributed by atoms with van der Waals surface area (Å²) >= 11 is 0. The van der Waals surface area contributed by atoms with Crippen molar-refractivity contribution in [3.63, 3.8) is 0 Å². The van der Waals surface area contributed by atoms with Crippen LogP contribution in [0.1, 0.15) is 12.2 Å². The molecule has 16 heavy (non-hydrogen) atoms. The summed E-state index contributed by atoms with van der Waals surface area (Å²) in [6.07, 6.45) is 0.406. The molecule has 0 saturated heterocycles. The molecule has 0 spiro atoms. The van der Waals surface area contributed by atoms with Crippen molar-refractivity contribution in [2.24, 2.45) is 0 Å². The Morgan fingerprint density at radius 3 is 2.69 bits per heavy atom. The van der Waals surface area contributed by atoms with Crippen molar-refractivity contribution in [1.82, 2.24) is 4.90 Å². The van der Waals surface area contributed by atoms with Gasteiger partial charge in [-0.2, -0.15) is 0 Å². The first-order chi connectivity index (χ1) is 7.41. The normalized spacial score (nSPS) is 13.0. The van der Waals surface area contributed by atoms with E-state index in [1.807, 2.05) is 19.0 Å². The second-order valence-corrected chi connectivity index (χ2v) is 4.02. The molecule has 0 aromatic carbocycles. The summed E-state index contributed by atoms with van der Waals surface area (Å²) < 4.78 is 5.21. The standard InChI is InChI=1S/C12H17NO3/c1-8-7-11(15)12(9(2)16-8)10(14)5-6-13(3)4/h7,14H,2,5-6H2,1,3-4H3/b12-10+. The average Bonchev–Trinajstić information content (AvgIpc) is 2.12.